The van der Waals surface area contributed by atoms with Gasteiger partial charge in [0.1, 0.15) is 5.60 Å². The molecule has 2 amide bonds. The Bertz CT molecular complexity index is 950. The third-order valence-electron chi connectivity index (χ3n) is 5.70. The molecule has 7 nitrogen and oxygen atoms in total. The molecule has 0 bridgehead atoms. The summed E-state index contributed by atoms with van der Waals surface area (Å²) in [7, 11) is -1.03. The highest BCUT2D eigenvalue weighted by Crippen LogP contribution is 2.45. The Morgan fingerprint density at radius 2 is 2.20 bits per heavy atom. The number of aromatic nitrogens is 1. The van der Waals surface area contributed by atoms with Gasteiger partial charge in [-0.3, -0.25) is 18.8 Å². The maximum absolute atomic E-state index is 12.8. The number of nitrogens with zero attached hydrogens (tertiary/aromatic N) is 2. The van der Waals surface area contributed by atoms with E-state index in [1.807, 2.05) is 13.0 Å². The summed E-state index contributed by atoms with van der Waals surface area (Å²) in [5.74, 6) is 0.428. The molecule has 1 atom stereocenters. The van der Waals surface area contributed by atoms with Crippen molar-refractivity contribution in [3.05, 3.63) is 45.4 Å². The second kappa shape index (κ2) is 8.95. The minimum Gasteiger partial charge on any atom is -0.369 e. The van der Waals surface area contributed by atoms with E-state index in [1.54, 1.807) is 23.2 Å². The first-order valence-electron chi connectivity index (χ1n) is 10.1. The lowest BCUT2D eigenvalue weighted by atomic mass is 9.85. The van der Waals surface area contributed by atoms with Crippen molar-refractivity contribution in [1.82, 2.24) is 15.2 Å². The maximum atomic E-state index is 12.8. The molecule has 4 heterocycles. The summed E-state index contributed by atoms with van der Waals surface area (Å²) in [4.78, 5) is 32.4. The topological polar surface area (TPSA) is 88.6 Å². The van der Waals surface area contributed by atoms with Gasteiger partial charge in [-0.05, 0) is 43.0 Å². The molecule has 1 N–H and O–H groups in total. The van der Waals surface area contributed by atoms with Crippen molar-refractivity contribution in [2.24, 2.45) is 0 Å². The zero-order valence-corrected chi connectivity index (χ0v) is 18.5. The first kappa shape index (κ1) is 21.1. The minimum absolute atomic E-state index is 0.127. The Hall–Kier alpha value is -2.10. The Kier molecular flexibility index (Phi) is 6.31. The van der Waals surface area contributed by atoms with Crippen molar-refractivity contribution in [3.63, 3.8) is 0 Å². The minimum atomic E-state index is -1.03. The van der Waals surface area contributed by atoms with Crippen molar-refractivity contribution < 1.29 is 18.5 Å². The number of thiophene rings is 1. The SMILES string of the molecule is CCS(=O)c1ccc(CNC(=O)c2cc3c(s2)C2(CCN(C=O)CC2)OCC3)nc1. The monoisotopic (exact) mass is 447 g/mol. The third kappa shape index (κ3) is 4.19. The summed E-state index contributed by atoms with van der Waals surface area (Å²) < 4.78 is 18.0. The van der Waals surface area contributed by atoms with E-state index in [9.17, 15) is 13.8 Å². The van der Waals surface area contributed by atoms with Crippen molar-refractivity contribution in [3.8, 4) is 0 Å². The van der Waals surface area contributed by atoms with Crippen LogP contribution in [0.2, 0.25) is 0 Å². The van der Waals surface area contributed by atoms with Crippen LogP contribution in [-0.2, 0) is 38.9 Å². The summed E-state index contributed by atoms with van der Waals surface area (Å²) in [6.07, 6.45) is 4.82. The van der Waals surface area contributed by atoms with Gasteiger partial charge in [-0.15, -0.1) is 11.3 Å². The normalized spacial score (nSPS) is 18.6. The van der Waals surface area contributed by atoms with Gasteiger partial charge >= 0.3 is 0 Å². The number of ether oxygens (including phenoxy) is 1. The smallest absolute Gasteiger partial charge is 0.261 e. The van der Waals surface area contributed by atoms with Crippen LogP contribution in [0.1, 0.15) is 45.6 Å². The molecule has 2 aromatic heterocycles. The quantitative estimate of drug-likeness (QED) is 0.686. The lowest BCUT2D eigenvalue weighted by Crippen LogP contribution is -2.45. The van der Waals surface area contributed by atoms with Crippen LogP contribution in [-0.4, -0.2) is 51.9 Å². The Labute approximate surface area is 182 Å². The number of pyridine rings is 1. The maximum Gasteiger partial charge on any atom is 0.261 e. The molecule has 1 spiro atoms. The standard InChI is InChI=1S/C21H25N3O4S2/c1-2-30(27)17-4-3-16(22-13-17)12-23-20(26)18-11-15-5-10-28-21(19(15)29-18)6-8-24(14-25)9-7-21/h3-4,11,13-14H,2,5-10,12H2,1H3,(H,23,26). The molecule has 2 aromatic rings. The van der Waals surface area contributed by atoms with Gasteiger partial charge in [-0.25, -0.2) is 0 Å². The molecular formula is C21H25N3O4S2. The fourth-order valence-electron chi connectivity index (χ4n) is 3.97. The number of amides is 2. The highest BCUT2D eigenvalue weighted by Gasteiger charge is 2.42. The Morgan fingerprint density at radius 1 is 1.40 bits per heavy atom. The van der Waals surface area contributed by atoms with E-state index >= 15 is 0 Å². The van der Waals surface area contributed by atoms with Crippen LogP contribution >= 0.6 is 11.3 Å². The molecule has 4 rings (SSSR count). The lowest BCUT2D eigenvalue weighted by molar-refractivity contribution is -0.128. The number of hydrogen-bond acceptors (Lipinski definition) is 6. The van der Waals surface area contributed by atoms with E-state index in [2.05, 4.69) is 10.3 Å². The Balaban J connectivity index is 1.43. The van der Waals surface area contributed by atoms with Crippen molar-refractivity contribution in [2.45, 2.75) is 43.2 Å². The van der Waals surface area contributed by atoms with Crippen LogP contribution in [0.4, 0.5) is 0 Å². The van der Waals surface area contributed by atoms with Crippen LogP contribution in [0.5, 0.6) is 0 Å². The highest BCUT2D eigenvalue weighted by atomic mass is 32.2. The third-order valence-corrected chi connectivity index (χ3v) is 8.36. The van der Waals surface area contributed by atoms with Crippen LogP contribution in [0, 0.1) is 0 Å². The van der Waals surface area contributed by atoms with E-state index in [0.717, 1.165) is 36.2 Å². The summed E-state index contributed by atoms with van der Waals surface area (Å²) in [5, 5.41) is 2.93. The van der Waals surface area contributed by atoms with Gasteiger partial charge in [0.05, 0.1) is 39.4 Å². The van der Waals surface area contributed by atoms with Crippen molar-refractivity contribution in [1.29, 1.82) is 0 Å². The number of fused-ring (bicyclic) bond motifs is 2. The van der Waals surface area contributed by atoms with Gasteiger partial charge in [-0.2, -0.15) is 0 Å². The second-order valence-corrected chi connectivity index (χ2v) is 10.3. The first-order valence-corrected chi connectivity index (χ1v) is 12.3. The lowest BCUT2D eigenvalue weighted by Gasteiger charge is -2.42. The summed E-state index contributed by atoms with van der Waals surface area (Å²) in [6.45, 7) is 4.17. The van der Waals surface area contributed by atoms with E-state index in [4.69, 9.17) is 4.74 Å². The highest BCUT2D eigenvalue weighted by molar-refractivity contribution is 7.85. The molecule has 2 aliphatic rings. The molecule has 30 heavy (non-hydrogen) atoms. The number of carbonyl (C=O) groups excluding carboxylic acids is 2. The average Bonchev–Trinajstić information content (AvgIpc) is 3.24. The molecule has 0 saturated carbocycles. The molecule has 0 radical (unpaired) electrons. The predicted molar refractivity (Wildman–Crippen MR) is 115 cm³/mol. The Morgan fingerprint density at radius 3 is 2.87 bits per heavy atom. The van der Waals surface area contributed by atoms with Crippen molar-refractivity contribution >= 4 is 34.5 Å². The number of carbonyl (C=O) groups is 2. The molecule has 1 unspecified atom stereocenters. The van der Waals surface area contributed by atoms with Crippen molar-refractivity contribution in [2.75, 3.05) is 25.4 Å². The van der Waals surface area contributed by atoms with Crippen LogP contribution in [0.25, 0.3) is 0 Å². The van der Waals surface area contributed by atoms with E-state index in [0.29, 0.717) is 41.8 Å². The van der Waals surface area contributed by atoms with Gasteiger partial charge in [0.25, 0.3) is 5.91 Å². The fraction of sp³-hybridized carbons (Fsp3) is 0.476. The molecule has 2 aliphatic heterocycles. The molecular weight excluding hydrogens is 422 g/mol. The predicted octanol–water partition coefficient (Wildman–Crippen LogP) is 2.22. The van der Waals surface area contributed by atoms with Crippen LogP contribution < -0.4 is 5.32 Å². The molecule has 160 valence electrons. The zero-order valence-electron chi connectivity index (χ0n) is 16.9. The number of likely N-dealkylation sites (tertiary alicyclic amines) is 1. The number of nitrogens with one attached hydrogen (secondary N) is 1. The average molecular weight is 448 g/mol. The van der Waals surface area contributed by atoms with E-state index in [-0.39, 0.29) is 11.5 Å². The zero-order chi connectivity index (χ0) is 21.1. The number of rotatable bonds is 6. The van der Waals surface area contributed by atoms with Gasteiger partial charge in [0, 0.05) is 29.9 Å². The van der Waals surface area contributed by atoms with Gasteiger partial charge in [-0.1, -0.05) is 6.92 Å². The number of piperidine rings is 1. The van der Waals surface area contributed by atoms with Gasteiger partial charge in [0.2, 0.25) is 6.41 Å². The molecule has 0 aliphatic carbocycles. The van der Waals surface area contributed by atoms with Gasteiger partial charge < -0.3 is 15.0 Å². The molecule has 1 fully saturated rings. The number of hydrogen-bond donors (Lipinski definition) is 1. The second-order valence-electron chi connectivity index (χ2n) is 7.50. The molecule has 1 saturated heterocycles. The summed E-state index contributed by atoms with van der Waals surface area (Å²) in [5.41, 5.74) is 1.53. The molecule has 9 heteroatoms. The summed E-state index contributed by atoms with van der Waals surface area (Å²) in [6, 6.07) is 5.57. The first-order chi connectivity index (χ1) is 14.5. The van der Waals surface area contributed by atoms with Crippen LogP contribution in [0.15, 0.2) is 29.3 Å². The fourth-order valence-corrected chi connectivity index (χ4v) is 6.02. The van der Waals surface area contributed by atoms with Crippen LogP contribution in [0.3, 0.4) is 0 Å². The summed E-state index contributed by atoms with van der Waals surface area (Å²) >= 11 is 1.50. The van der Waals surface area contributed by atoms with E-state index < -0.39 is 10.8 Å². The largest absolute Gasteiger partial charge is 0.369 e. The molecule has 0 aromatic carbocycles. The van der Waals surface area contributed by atoms with Gasteiger partial charge in [0.15, 0.2) is 0 Å². The van der Waals surface area contributed by atoms with E-state index in [1.165, 1.54) is 16.9 Å².